The van der Waals surface area contributed by atoms with Crippen LogP contribution in [0.5, 0.6) is 0 Å². The zero-order valence-electron chi connectivity index (χ0n) is 7.20. The van der Waals surface area contributed by atoms with E-state index in [1.807, 2.05) is 6.07 Å². The molecule has 1 aromatic heterocycles. The predicted octanol–water partition coefficient (Wildman–Crippen LogP) is 1.31. The van der Waals surface area contributed by atoms with E-state index in [1.54, 1.807) is 12.3 Å². The van der Waals surface area contributed by atoms with Gasteiger partial charge in [-0.25, -0.2) is 9.97 Å². The molecular formula is C9H10N4. The summed E-state index contributed by atoms with van der Waals surface area (Å²) in [6.45, 7) is 0. The molecule has 0 aromatic carbocycles. The number of nitrogens with one attached hydrogen (secondary N) is 1. The molecule has 0 bridgehead atoms. The van der Waals surface area contributed by atoms with Gasteiger partial charge in [0.25, 0.3) is 0 Å². The van der Waals surface area contributed by atoms with Gasteiger partial charge < -0.3 is 5.32 Å². The number of hydrogen-bond donors (Lipinski definition) is 1. The zero-order valence-corrected chi connectivity index (χ0v) is 7.20. The van der Waals surface area contributed by atoms with Gasteiger partial charge in [0.15, 0.2) is 0 Å². The van der Waals surface area contributed by atoms with Crippen LogP contribution < -0.4 is 5.32 Å². The van der Waals surface area contributed by atoms with Crippen LogP contribution in [0, 0.1) is 11.3 Å². The van der Waals surface area contributed by atoms with Gasteiger partial charge in [0.2, 0.25) is 5.95 Å². The van der Waals surface area contributed by atoms with Crippen molar-refractivity contribution >= 4 is 5.95 Å². The predicted molar refractivity (Wildman–Crippen MR) is 48.0 cm³/mol. The number of anilines is 1. The third kappa shape index (κ3) is 1.75. The van der Waals surface area contributed by atoms with E-state index in [0.717, 1.165) is 0 Å². The Morgan fingerprint density at radius 1 is 1.54 bits per heavy atom. The van der Waals surface area contributed by atoms with Crippen LogP contribution in [0.25, 0.3) is 0 Å². The average molecular weight is 174 g/mol. The van der Waals surface area contributed by atoms with E-state index >= 15 is 0 Å². The Morgan fingerprint density at radius 3 is 3.00 bits per heavy atom. The first-order valence-electron chi connectivity index (χ1n) is 4.38. The highest BCUT2D eigenvalue weighted by Gasteiger charge is 2.17. The minimum Gasteiger partial charge on any atom is -0.351 e. The Hall–Kier alpha value is -1.63. The maximum atomic E-state index is 8.60. The van der Waals surface area contributed by atoms with Crippen LogP contribution in [0.2, 0.25) is 0 Å². The van der Waals surface area contributed by atoms with Crippen molar-refractivity contribution in [2.45, 2.75) is 25.3 Å². The van der Waals surface area contributed by atoms with Gasteiger partial charge in [-0.3, -0.25) is 0 Å². The number of aromatic nitrogens is 2. The molecule has 66 valence electrons. The molecular weight excluding hydrogens is 164 g/mol. The lowest BCUT2D eigenvalue weighted by atomic mass is 9.93. The molecule has 0 atom stereocenters. The Morgan fingerprint density at radius 2 is 2.38 bits per heavy atom. The zero-order chi connectivity index (χ0) is 9.10. The van der Waals surface area contributed by atoms with E-state index in [1.165, 1.54) is 19.3 Å². The van der Waals surface area contributed by atoms with Gasteiger partial charge in [0, 0.05) is 12.2 Å². The van der Waals surface area contributed by atoms with Crippen molar-refractivity contribution in [3.05, 3.63) is 18.0 Å². The molecule has 0 unspecified atom stereocenters. The second kappa shape index (κ2) is 3.40. The molecule has 0 amide bonds. The highest BCUT2D eigenvalue weighted by atomic mass is 15.1. The Balaban J connectivity index is 2.07. The average Bonchev–Trinajstić information content (AvgIpc) is 2.12. The van der Waals surface area contributed by atoms with Crippen LogP contribution in [-0.4, -0.2) is 16.0 Å². The molecule has 0 spiro atoms. The molecule has 1 aliphatic rings. The SMILES string of the molecule is N#Cc1ccnc(NC2CCC2)n1. The molecule has 4 heteroatoms. The first-order chi connectivity index (χ1) is 6.38. The standard InChI is InChI=1S/C9H10N4/c10-6-8-4-5-11-9(13-8)12-7-2-1-3-7/h4-5,7H,1-3H2,(H,11,12,13). The molecule has 0 radical (unpaired) electrons. The van der Waals surface area contributed by atoms with Crippen LogP contribution in [0.1, 0.15) is 25.0 Å². The summed E-state index contributed by atoms with van der Waals surface area (Å²) in [5.74, 6) is 0.573. The van der Waals surface area contributed by atoms with Crippen LogP contribution in [-0.2, 0) is 0 Å². The first kappa shape index (κ1) is 7.99. The molecule has 2 rings (SSSR count). The molecule has 1 saturated carbocycles. The molecule has 4 nitrogen and oxygen atoms in total. The smallest absolute Gasteiger partial charge is 0.224 e. The van der Waals surface area contributed by atoms with Gasteiger partial charge in [-0.15, -0.1) is 0 Å². The summed E-state index contributed by atoms with van der Waals surface area (Å²) in [4.78, 5) is 8.07. The molecule has 1 aromatic rings. The van der Waals surface area contributed by atoms with Crippen molar-refractivity contribution in [2.75, 3.05) is 5.32 Å². The third-order valence-electron chi connectivity index (χ3n) is 2.21. The molecule has 13 heavy (non-hydrogen) atoms. The molecule has 1 N–H and O–H groups in total. The van der Waals surface area contributed by atoms with E-state index in [4.69, 9.17) is 5.26 Å². The number of hydrogen-bond acceptors (Lipinski definition) is 4. The third-order valence-corrected chi connectivity index (χ3v) is 2.21. The second-order valence-corrected chi connectivity index (χ2v) is 3.15. The van der Waals surface area contributed by atoms with Crippen molar-refractivity contribution in [3.8, 4) is 6.07 Å². The largest absolute Gasteiger partial charge is 0.351 e. The number of nitriles is 1. The molecule has 1 heterocycles. The maximum absolute atomic E-state index is 8.60. The fraction of sp³-hybridized carbons (Fsp3) is 0.444. The minimum atomic E-state index is 0.414. The van der Waals surface area contributed by atoms with Crippen LogP contribution in [0.4, 0.5) is 5.95 Å². The summed E-state index contributed by atoms with van der Waals surface area (Å²) in [5, 5.41) is 11.8. The minimum absolute atomic E-state index is 0.414. The monoisotopic (exact) mass is 174 g/mol. The summed E-state index contributed by atoms with van der Waals surface area (Å²) in [6, 6.07) is 4.10. The molecule has 0 saturated heterocycles. The summed E-state index contributed by atoms with van der Waals surface area (Å²) in [6.07, 6.45) is 5.24. The van der Waals surface area contributed by atoms with Crippen molar-refractivity contribution in [2.24, 2.45) is 0 Å². The lowest BCUT2D eigenvalue weighted by Crippen LogP contribution is -2.28. The van der Waals surface area contributed by atoms with Crippen molar-refractivity contribution in [1.82, 2.24) is 9.97 Å². The molecule has 0 aliphatic heterocycles. The number of rotatable bonds is 2. The van der Waals surface area contributed by atoms with Gasteiger partial charge >= 0.3 is 0 Å². The van der Waals surface area contributed by atoms with Gasteiger partial charge in [-0.05, 0) is 25.3 Å². The maximum Gasteiger partial charge on any atom is 0.224 e. The summed E-state index contributed by atoms with van der Waals surface area (Å²) in [5.41, 5.74) is 0.414. The van der Waals surface area contributed by atoms with E-state index < -0.39 is 0 Å². The van der Waals surface area contributed by atoms with Gasteiger partial charge in [-0.2, -0.15) is 5.26 Å². The van der Waals surface area contributed by atoms with E-state index in [2.05, 4.69) is 15.3 Å². The highest BCUT2D eigenvalue weighted by Crippen LogP contribution is 2.21. The van der Waals surface area contributed by atoms with Crippen LogP contribution >= 0.6 is 0 Å². The summed E-state index contributed by atoms with van der Waals surface area (Å²) >= 11 is 0. The summed E-state index contributed by atoms with van der Waals surface area (Å²) in [7, 11) is 0. The number of nitrogens with zero attached hydrogens (tertiary/aromatic N) is 3. The quantitative estimate of drug-likeness (QED) is 0.734. The van der Waals surface area contributed by atoms with E-state index in [-0.39, 0.29) is 0 Å². The van der Waals surface area contributed by atoms with E-state index in [0.29, 0.717) is 17.7 Å². The van der Waals surface area contributed by atoms with Crippen molar-refractivity contribution in [3.63, 3.8) is 0 Å². The van der Waals surface area contributed by atoms with Gasteiger partial charge in [0.1, 0.15) is 11.8 Å². The van der Waals surface area contributed by atoms with Gasteiger partial charge in [-0.1, -0.05) is 0 Å². The second-order valence-electron chi connectivity index (χ2n) is 3.15. The lowest BCUT2D eigenvalue weighted by molar-refractivity contribution is 0.443. The Labute approximate surface area is 76.6 Å². The summed E-state index contributed by atoms with van der Waals surface area (Å²) < 4.78 is 0. The molecule has 1 aliphatic carbocycles. The highest BCUT2D eigenvalue weighted by molar-refractivity contribution is 5.31. The fourth-order valence-corrected chi connectivity index (χ4v) is 1.23. The Bertz CT molecular complexity index is 338. The first-order valence-corrected chi connectivity index (χ1v) is 4.38. The van der Waals surface area contributed by atoms with Crippen LogP contribution in [0.3, 0.4) is 0 Å². The van der Waals surface area contributed by atoms with Crippen molar-refractivity contribution in [1.29, 1.82) is 5.26 Å². The topological polar surface area (TPSA) is 61.6 Å². The fourth-order valence-electron chi connectivity index (χ4n) is 1.23. The molecule has 1 fully saturated rings. The van der Waals surface area contributed by atoms with Crippen LogP contribution in [0.15, 0.2) is 12.3 Å². The van der Waals surface area contributed by atoms with Crippen molar-refractivity contribution < 1.29 is 0 Å². The Kier molecular flexibility index (Phi) is 2.09. The normalized spacial score (nSPS) is 15.9. The van der Waals surface area contributed by atoms with Gasteiger partial charge in [0.05, 0.1) is 0 Å². The lowest BCUT2D eigenvalue weighted by Gasteiger charge is -2.26. The van der Waals surface area contributed by atoms with E-state index in [9.17, 15) is 0 Å².